The molecule has 1 fully saturated rings. The van der Waals surface area contributed by atoms with Crippen LogP contribution in [0.1, 0.15) is 24.5 Å². The van der Waals surface area contributed by atoms with Gasteiger partial charge in [-0.2, -0.15) is 5.10 Å². The molecule has 22 heavy (non-hydrogen) atoms. The standard InChI is InChI=1S/C14H19N5O2S/c1-18-12(5-6-17-18)14-13(15-7-8-16-14)11-4-3-9-19(10-11)22(2,20)21/h5-8,11H,3-4,9-10H2,1-2H3/t11-/m1/s1. The largest absolute Gasteiger partial charge is 0.266 e. The fourth-order valence-corrected chi connectivity index (χ4v) is 3.83. The van der Waals surface area contributed by atoms with Gasteiger partial charge in [0, 0.05) is 44.6 Å². The number of aryl methyl sites for hydroxylation is 1. The number of rotatable bonds is 3. The van der Waals surface area contributed by atoms with Crippen LogP contribution in [-0.4, -0.2) is 51.8 Å². The number of sulfonamides is 1. The average molecular weight is 321 g/mol. The Kier molecular flexibility index (Phi) is 3.96. The zero-order valence-corrected chi connectivity index (χ0v) is 13.5. The minimum absolute atomic E-state index is 0.0575. The third-order valence-corrected chi connectivity index (χ3v) is 5.30. The topological polar surface area (TPSA) is 81.0 Å². The lowest BCUT2D eigenvalue weighted by Crippen LogP contribution is -2.38. The van der Waals surface area contributed by atoms with Gasteiger partial charge in [0.15, 0.2) is 0 Å². The molecule has 3 rings (SSSR count). The normalized spacial score (nSPS) is 20.2. The molecule has 2 aromatic rings. The summed E-state index contributed by atoms with van der Waals surface area (Å²) in [6.07, 6.45) is 8.04. The zero-order valence-electron chi connectivity index (χ0n) is 12.7. The number of aromatic nitrogens is 4. The highest BCUT2D eigenvalue weighted by molar-refractivity contribution is 7.88. The van der Waals surface area contributed by atoms with E-state index in [2.05, 4.69) is 15.1 Å². The Bertz CT molecular complexity index is 771. The zero-order chi connectivity index (χ0) is 15.7. The van der Waals surface area contributed by atoms with E-state index in [9.17, 15) is 8.42 Å². The minimum atomic E-state index is -3.17. The lowest BCUT2D eigenvalue weighted by Gasteiger charge is -2.31. The predicted molar refractivity (Wildman–Crippen MR) is 82.6 cm³/mol. The van der Waals surface area contributed by atoms with E-state index < -0.39 is 10.0 Å². The maximum atomic E-state index is 11.8. The second-order valence-corrected chi connectivity index (χ2v) is 7.57. The van der Waals surface area contributed by atoms with Crippen LogP contribution in [0.4, 0.5) is 0 Å². The third-order valence-electron chi connectivity index (χ3n) is 4.03. The SMILES string of the molecule is Cn1nccc1-c1nccnc1[C@@H]1CCCN(S(C)(=O)=O)C1. The van der Waals surface area contributed by atoms with Crippen molar-refractivity contribution in [2.24, 2.45) is 7.05 Å². The number of hydrogen-bond acceptors (Lipinski definition) is 5. The number of piperidine rings is 1. The summed E-state index contributed by atoms with van der Waals surface area (Å²) in [5.41, 5.74) is 2.52. The summed E-state index contributed by atoms with van der Waals surface area (Å²) in [6, 6.07) is 1.89. The first-order chi connectivity index (χ1) is 10.5. The van der Waals surface area contributed by atoms with Crippen molar-refractivity contribution in [3.63, 3.8) is 0 Å². The second-order valence-electron chi connectivity index (χ2n) is 5.59. The van der Waals surface area contributed by atoms with E-state index in [4.69, 9.17) is 0 Å². The summed E-state index contributed by atoms with van der Waals surface area (Å²) >= 11 is 0. The van der Waals surface area contributed by atoms with Crippen molar-refractivity contribution in [2.45, 2.75) is 18.8 Å². The molecule has 0 spiro atoms. The van der Waals surface area contributed by atoms with E-state index in [-0.39, 0.29) is 5.92 Å². The molecule has 118 valence electrons. The van der Waals surface area contributed by atoms with Gasteiger partial charge in [0.25, 0.3) is 0 Å². The van der Waals surface area contributed by atoms with Crippen molar-refractivity contribution in [1.29, 1.82) is 0 Å². The molecule has 8 heteroatoms. The highest BCUT2D eigenvalue weighted by atomic mass is 32.2. The first-order valence-corrected chi connectivity index (χ1v) is 9.06. The Morgan fingerprint density at radius 1 is 1.23 bits per heavy atom. The summed E-state index contributed by atoms with van der Waals surface area (Å²) in [7, 11) is -1.32. The molecule has 3 heterocycles. The van der Waals surface area contributed by atoms with Gasteiger partial charge in [0.1, 0.15) is 5.69 Å². The van der Waals surface area contributed by atoms with E-state index in [0.29, 0.717) is 13.1 Å². The molecular weight excluding hydrogens is 302 g/mol. The summed E-state index contributed by atoms with van der Waals surface area (Å²) in [6.45, 7) is 1.04. The first-order valence-electron chi connectivity index (χ1n) is 7.21. The average Bonchev–Trinajstić information content (AvgIpc) is 2.92. The van der Waals surface area contributed by atoms with Crippen molar-refractivity contribution >= 4 is 10.0 Å². The second kappa shape index (κ2) is 5.77. The monoisotopic (exact) mass is 321 g/mol. The minimum Gasteiger partial charge on any atom is -0.266 e. The molecular formula is C14H19N5O2S. The Hall–Kier alpha value is -1.80. The summed E-state index contributed by atoms with van der Waals surface area (Å²) in [5.74, 6) is 0.0575. The summed E-state index contributed by atoms with van der Waals surface area (Å²) in [4.78, 5) is 8.94. The maximum absolute atomic E-state index is 11.8. The molecule has 1 saturated heterocycles. The molecule has 7 nitrogen and oxygen atoms in total. The van der Waals surface area contributed by atoms with Crippen LogP contribution in [0.2, 0.25) is 0 Å². The van der Waals surface area contributed by atoms with Crippen molar-refractivity contribution in [3.8, 4) is 11.4 Å². The number of hydrogen-bond donors (Lipinski definition) is 0. The molecule has 0 aliphatic carbocycles. The Labute approximate surface area is 130 Å². The van der Waals surface area contributed by atoms with E-state index in [0.717, 1.165) is 29.9 Å². The third kappa shape index (κ3) is 2.89. The van der Waals surface area contributed by atoms with E-state index >= 15 is 0 Å². The molecule has 0 radical (unpaired) electrons. The van der Waals surface area contributed by atoms with Crippen LogP contribution < -0.4 is 0 Å². The lowest BCUT2D eigenvalue weighted by molar-refractivity contribution is 0.314. The molecule has 0 N–H and O–H groups in total. The fourth-order valence-electron chi connectivity index (χ4n) is 2.92. The highest BCUT2D eigenvalue weighted by Gasteiger charge is 2.29. The van der Waals surface area contributed by atoms with Crippen LogP contribution >= 0.6 is 0 Å². The quantitative estimate of drug-likeness (QED) is 0.843. The molecule has 1 aliphatic rings. The van der Waals surface area contributed by atoms with Crippen molar-refractivity contribution < 1.29 is 8.42 Å². The Morgan fingerprint density at radius 2 is 2.00 bits per heavy atom. The molecule has 0 aromatic carbocycles. The Morgan fingerprint density at radius 3 is 2.68 bits per heavy atom. The molecule has 0 saturated carbocycles. The van der Waals surface area contributed by atoms with Gasteiger partial charge < -0.3 is 0 Å². The summed E-state index contributed by atoms with van der Waals surface area (Å²) < 4.78 is 26.9. The number of nitrogens with zero attached hydrogens (tertiary/aromatic N) is 5. The van der Waals surface area contributed by atoms with Gasteiger partial charge in [-0.1, -0.05) is 0 Å². The molecule has 0 amide bonds. The van der Waals surface area contributed by atoms with Gasteiger partial charge >= 0.3 is 0 Å². The van der Waals surface area contributed by atoms with Crippen LogP contribution in [0.15, 0.2) is 24.7 Å². The highest BCUT2D eigenvalue weighted by Crippen LogP contribution is 2.32. The van der Waals surface area contributed by atoms with Crippen molar-refractivity contribution in [2.75, 3.05) is 19.3 Å². The maximum Gasteiger partial charge on any atom is 0.211 e. The smallest absolute Gasteiger partial charge is 0.211 e. The van der Waals surface area contributed by atoms with E-state index in [1.807, 2.05) is 13.1 Å². The molecule has 1 aliphatic heterocycles. The Balaban J connectivity index is 1.97. The fraction of sp³-hybridized carbons (Fsp3) is 0.500. The van der Waals surface area contributed by atoms with Crippen molar-refractivity contribution in [3.05, 3.63) is 30.4 Å². The summed E-state index contributed by atoms with van der Waals surface area (Å²) in [5, 5.41) is 4.18. The molecule has 2 aromatic heterocycles. The molecule has 0 bridgehead atoms. The van der Waals surface area contributed by atoms with Gasteiger partial charge in [-0.3, -0.25) is 14.6 Å². The van der Waals surface area contributed by atoms with Gasteiger partial charge in [-0.05, 0) is 18.9 Å². The first kappa shape index (κ1) is 15.1. The van der Waals surface area contributed by atoms with Crippen LogP contribution in [0, 0.1) is 0 Å². The molecule has 0 unspecified atom stereocenters. The van der Waals surface area contributed by atoms with Gasteiger partial charge in [0.2, 0.25) is 10.0 Å². The molecule has 1 atom stereocenters. The van der Waals surface area contributed by atoms with Crippen molar-refractivity contribution in [1.82, 2.24) is 24.1 Å². The van der Waals surface area contributed by atoms with Gasteiger partial charge in [-0.15, -0.1) is 0 Å². The van der Waals surface area contributed by atoms with Gasteiger partial charge in [0.05, 0.1) is 17.6 Å². The lowest BCUT2D eigenvalue weighted by atomic mass is 9.93. The van der Waals surface area contributed by atoms with Crippen LogP contribution in [0.25, 0.3) is 11.4 Å². The van der Waals surface area contributed by atoms with Crippen LogP contribution in [-0.2, 0) is 17.1 Å². The predicted octanol–water partition coefficient (Wildman–Crippen LogP) is 1.02. The van der Waals surface area contributed by atoms with Gasteiger partial charge in [-0.25, -0.2) is 12.7 Å². The van der Waals surface area contributed by atoms with E-state index in [1.165, 1.54) is 10.6 Å². The van der Waals surface area contributed by atoms with Crippen LogP contribution in [0.3, 0.4) is 0 Å². The van der Waals surface area contributed by atoms with E-state index in [1.54, 1.807) is 23.3 Å². The van der Waals surface area contributed by atoms with Crippen LogP contribution in [0.5, 0.6) is 0 Å².